The fourth-order valence-corrected chi connectivity index (χ4v) is 3.41. The number of hydrogen-bond acceptors (Lipinski definition) is 4. The van der Waals surface area contributed by atoms with Gasteiger partial charge in [-0.2, -0.15) is 0 Å². The first-order valence-corrected chi connectivity index (χ1v) is 6.66. The highest BCUT2D eigenvalue weighted by molar-refractivity contribution is 7.17. The Morgan fingerprint density at radius 2 is 2.06 bits per heavy atom. The monoisotopic (exact) mass is 258 g/mol. The summed E-state index contributed by atoms with van der Waals surface area (Å²) in [5.41, 5.74) is 0. The summed E-state index contributed by atoms with van der Waals surface area (Å²) in [7, 11) is 0. The van der Waals surface area contributed by atoms with Crippen molar-refractivity contribution in [1.82, 2.24) is 4.98 Å². The highest BCUT2D eigenvalue weighted by atomic mass is 35.5. The number of halogens is 1. The molecule has 1 saturated heterocycles. The van der Waals surface area contributed by atoms with Crippen LogP contribution in [-0.2, 0) is 0 Å². The van der Waals surface area contributed by atoms with E-state index in [0.717, 1.165) is 24.5 Å². The fourth-order valence-electron chi connectivity index (χ4n) is 2.33. The highest BCUT2D eigenvalue weighted by Crippen LogP contribution is 2.32. The van der Waals surface area contributed by atoms with Crippen LogP contribution in [0.15, 0.2) is 0 Å². The Morgan fingerprint density at radius 3 is 2.56 bits per heavy atom. The van der Waals surface area contributed by atoms with Crippen LogP contribution in [0.2, 0.25) is 5.15 Å². The highest BCUT2D eigenvalue weighted by Gasteiger charge is 2.24. The average Bonchev–Trinajstić information content (AvgIpc) is 2.58. The number of aldehydes is 1. The molecule has 0 saturated carbocycles. The molecule has 0 amide bonds. The molecule has 1 aromatic heterocycles. The van der Waals surface area contributed by atoms with Gasteiger partial charge in [0.25, 0.3) is 0 Å². The van der Waals surface area contributed by atoms with Gasteiger partial charge in [-0.3, -0.25) is 4.79 Å². The van der Waals surface area contributed by atoms with Gasteiger partial charge in [0.2, 0.25) is 0 Å². The largest absolute Gasteiger partial charge is 0.348 e. The fraction of sp³-hybridized carbons (Fsp3) is 0.636. The smallest absolute Gasteiger partial charge is 0.187 e. The summed E-state index contributed by atoms with van der Waals surface area (Å²) in [6, 6.07) is 0. The maximum atomic E-state index is 10.7. The van der Waals surface area contributed by atoms with Crippen molar-refractivity contribution in [2.75, 3.05) is 18.0 Å². The van der Waals surface area contributed by atoms with Crippen LogP contribution in [0.4, 0.5) is 5.13 Å². The lowest BCUT2D eigenvalue weighted by Gasteiger charge is -2.34. The van der Waals surface area contributed by atoms with E-state index in [1.165, 1.54) is 17.8 Å². The van der Waals surface area contributed by atoms with Crippen molar-refractivity contribution >= 4 is 34.4 Å². The lowest BCUT2D eigenvalue weighted by Crippen LogP contribution is -2.38. The Morgan fingerprint density at radius 1 is 1.44 bits per heavy atom. The number of nitrogens with zero attached hydrogens (tertiary/aromatic N) is 2. The Balaban J connectivity index is 2.19. The lowest BCUT2D eigenvalue weighted by molar-refractivity contribution is 0.112. The number of piperidine rings is 1. The third kappa shape index (κ3) is 2.38. The standard InChI is InChI=1S/C11H15ClN2OS/c1-7-3-8(2)5-14(4-7)11-13-10(12)9(6-15)16-11/h6-8H,3-5H2,1-2H3. The minimum Gasteiger partial charge on any atom is -0.348 e. The van der Waals surface area contributed by atoms with E-state index >= 15 is 0 Å². The molecule has 0 bridgehead atoms. The maximum absolute atomic E-state index is 10.7. The molecule has 1 aromatic rings. The lowest BCUT2D eigenvalue weighted by atomic mass is 9.92. The van der Waals surface area contributed by atoms with Crippen molar-refractivity contribution in [2.24, 2.45) is 11.8 Å². The van der Waals surface area contributed by atoms with E-state index in [2.05, 4.69) is 23.7 Å². The van der Waals surface area contributed by atoms with E-state index in [4.69, 9.17) is 11.6 Å². The van der Waals surface area contributed by atoms with Gasteiger partial charge in [-0.25, -0.2) is 4.98 Å². The van der Waals surface area contributed by atoms with Crippen LogP contribution in [0.3, 0.4) is 0 Å². The minimum atomic E-state index is 0.334. The summed E-state index contributed by atoms with van der Waals surface area (Å²) in [6.07, 6.45) is 2.04. The molecular weight excluding hydrogens is 244 g/mol. The number of anilines is 1. The molecule has 2 heterocycles. The van der Waals surface area contributed by atoms with Crippen molar-refractivity contribution in [2.45, 2.75) is 20.3 Å². The maximum Gasteiger partial charge on any atom is 0.187 e. The first-order valence-electron chi connectivity index (χ1n) is 5.46. The molecule has 3 nitrogen and oxygen atoms in total. The zero-order valence-corrected chi connectivity index (χ0v) is 11.0. The van der Waals surface area contributed by atoms with Gasteiger partial charge in [-0.15, -0.1) is 0 Å². The number of rotatable bonds is 2. The van der Waals surface area contributed by atoms with E-state index in [-0.39, 0.29) is 0 Å². The van der Waals surface area contributed by atoms with Crippen LogP contribution in [-0.4, -0.2) is 24.4 Å². The average molecular weight is 259 g/mol. The van der Waals surface area contributed by atoms with Gasteiger partial charge in [0.05, 0.1) is 0 Å². The van der Waals surface area contributed by atoms with Crippen LogP contribution < -0.4 is 4.90 Å². The molecule has 5 heteroatoms. The Bertz CT molecular complexity index is 383. The van der Waals surface area contributed by atoms with Crippen molar-refractivity contribution in [3.8, 4) is 0 Å². The molecule has 2 atom stereocenters. The van der Waals surface area contributed by atoms with Gasteiger partial charge in [0, 0.05) is 13.1 Å². The van der Waals surface area contributed by atoms with E-state index < -0.39 is 0 Å². The van der Waals surface area contributed by atoms with Crippen molar-refractivity contribution in [3.05, 3.63) is 10.0 Å². The summed E-state index contributed by atoms with van der Waals surface area (Å²) in [4.78, 5) is 17.7. The van der Waals surface area contributed by atoms with E-state index in [9.17, 15) is 4.79 Å². The quantitative estimate of drug-likeness (QED) is 0.765. The first-order chi connectivity index (χ1) is 7.60. The van der Waals surface area contributed by atoms with Crippen molar-refractivity contribution in [3.63, 3.8) is 0 Å². The van der Waals surface area contributed by atoms with E-state index in [1.807, 2.05) is 0 Å². The van der Waals surface area contributed by atoms with Crippen LogP contribution in [0, 0.1) is 11.8 Å². The predicted molar refractivity (Wildman–Crippen MR) is 67.7 cm³/mol. The number of thiazole rings is 1. The summed E-state index contributed by atoms with van der Waals surface area (Å²) >= 11 is 7.26. The van der Waals surface area contributed by atoms with Gasteiger partial charge >= 0.3 is 0 Å². The third-order valence-electron chi connectivity index (χ3n) is 2.84. The molecule has 0 aromatic carbocycles. The molecule has 0 aliphatic carbocycles. The molecule has 0 N–H and O–H groups in total. The zero-order chi connectivity index (χ0) is 11.7. The second-order valence-electron chi connectivity index (χ2n) is 4.62. The zero-order valence-electron chi connectivity index (χ0n) is 9.44. The predicted octanol–water partition coefficient (Wildman–Crippen LogP) is 3.09. The second-order valence-corrected chi connectivity index (χ2v) is 5.99. The first kappa shape index (κ1) is 11.9. The van der Waals surface area contributed by atoms with Crippen LogP contribution in [0.5, 0.6) is 0 Å². The molecule has 1 aliphatic rings. The van der Waals surface area contributed by atoms with E-state index in [1.54, 1.807) is 0 Å². The summed E-state index contributed by atoms with van der Waals surface area (Å²) in [6.45, 7) is 6.51. The van der Waals surface area contributed by atoms with Crippen LogP contribution in [0.25, 0.3) is 0 Å². The molecule has 1 fully saturated rings. The Kier molecular flexibility index (Phi) is 3.50. The van der Waals surface area contributed by atoms with Gasteiger partial charge in [-0.05, 0) is 18.3 Å². The summed E-state index contributed by atoms with van der Waals surface area (Å²) in [5.74, 6) is 1.34. The number of hydrogen-bond donors (Lipinski definition) is 0. The molecule has 0 radical (unpaired) electrons. The minimum absolute atomic E-state index is 0.334. The second kappa shape index (κ2) is 4.72. The number of carbonyl (C=O) groups excluding carboxylic acids is 1. The Labute approximate surface area is 104 Å². The molecular formula is C11H15ClN2OS. The SMILES string of the molecule is CC1CC(C)CN(c2nc(Cl)c(C=O)s2)C1. The number of carbonyl (C=O) groups is 1. The van der Waals surface area contributed by atoms with Gasteiger partial charge in [-0.1, -0.05) is 36.8 Å². The Hall–Kier alpha value is -0.610. The van der Waals surface area contributed by atoms with Gasteiger partial charge in [0.1, 0.15) is 4.88 Å². The topological polar surface area (TPSA) is 33.2 Å². The normalized spacial score (nSPS) is 25.8. The van der Waals surface area contributed by atoms with Gasteiger partial charge < -0.3 is 4.90 Å². The molecule has 0 spiro atoms. The third-order valence-corrected chi connectivity index (χ3v) is 4.29. The summed E-state index contributed by atoms with van der Waals surface area (Å²) < 4.78 is 0. The summed E-state index contributed by atoms with van der Waals surface area (Å²) in [5, 5.41) is 1.21. The van der Waals surface area contributed by atoms with E-state index in [0.29, 0.717) is 21.9 Å². The number of aromatic nitrogens is 1. The molecule has 2 unspecified atom stereocenters. The van der Waals surface area contributed by atoms with Gasteiger partial charge in [0.15, 0.2) is 16.6 Å². The molecule has 2 rings (SSSR count). The van der Waals surface area contributed by atoms with Crippen LogP contribution in [0.1, 0.15) is 29.9 Å². The molecule has 16 heavy (non-hydrogen) atoms. The van der Waals surface area contributed by atoms with Crippen molar-refractivity contribution in [1.29, 1.82) is 0 Å². The van der Waals surface area contributed by atoms with Crippen molar-refractivity contribution < 1.29 is 4.79 Å². The molecule has 88 valence electrons. The molecule has 1 aliphatic heterocycles. The van der Waals surface area contributed by atoms with Crippen LogP contribution >= 0.6 is 22.9 Å².